The van der Waals surface area contributed by atoms with E-state index in [1.807, 2.05) is 0 Å². The van der Waals surface area contributed by atoms with Crippen LogP contribution >= 0.6 is 0 Å². The molecule has 1 aliphatic carbocycles. The lowest BCUT2D eigenvalue weighted by Crippen LogP contribution is -2.27. The van der Waals surface area contributed by atoms with Crippen molar-refractivity contribution in [2.75, 3.05) is 7.11 Å². The minimum atomic E-state index is 0.136. The van der Waals surface area contributed by atoms with Gasteiger partial charge < -0.3 is 10.5 Å². The molecule has 1 atom stereocenters. The topological polar surface area (TPSA) is 35.2 Å². The Morgan fingerprint density at radius 1 is 1.29 bits per heavy atom. The number of ether oxygens (including phenoxy) is 1. The first kappa shape index (κ1) is 12.4. The van der Waals surface area contributed by atoms with Crippen LogP contribution in [-0.4, -0.2) is 7.11 Å². The molecule has 0 radical (unpaired) electrons. The van der Waals surface area contributed by atoms with Crippen LogP contribution in [0.25, 0.3) is 0 Å². The van der Waals surface area contributed by atoms with Crippen molar-refractivity contribution in [1.82, 2.24) is 0 Å². The first-order chi connectivity index (χ1) is 8.13. The van der Waals surface area contributed by atoms with E-state index in [2.05, 4.69) is 32.0 Å². The molecule has 2 heteroatoms. The lowest BCUT2D eigenvalue weighted by atomic mass is 9.77. The molecule has 0 saturated heterocycles. The smallest absolute Gasteiger partial charge is 0.123 e. The van der Waals surface area contributed by atoms with Gasteiger partial charge in [-0.2, -0.15) is 0 Å². The minimum Gasteiger partial charge on any atom is -0.496 e. The van der Waals surface area contributed by atoms with Crippen LogP contribution in [0.2, 0.25) is 0 Å². The summed E-state index contributed by atoms with van der Waals surface area (Å²) in [5.74, 6) is 2.12. The second-order valence-electron chi connectivity index (χ2n) is 5.37. The Hall–Kier alpha value is -1.02. The predicted molar refractivity (Wildman–Crippen MR) is 71.4 cm³/mol. The Labute approximate surface area is 104 Å². The number of nitrogens with two attached hydrogens (primary N) is 1. The number of rotatable bonds is 4. The molecule has 1 unspecified atom stereocenters. The van der Waals surface area contributed by atoms with Crippen molar-refractivity contribution in [3.8, 4) is 5.75 Å². The maximum atomic E-state index is 6.37. The first-order valence-electron chi connectivity index (χ1n) is 6.57. The Kier molecular flexibility index (Phi) is 3.72. The van der Waals surface area contributed by atoms with Gasteiger partial charge in [0.15, 0.2) is 0 Å². The van der Waals surface area contributed by atoms with Crippen LogP contribution in [0.4, 0.5) is 0 Å². The molecule has 0 aliphatic heterocycles. The Morgan fingerprint density at radius 2 is 2.00 bits per heavy atom. The van der Waals surface area contributed by atoms with Crippen LogP contribution in [0.3, 0.4) is 0 Å². The number of benzene rings is 1. The fourth-order valence-electron chi connectivity index (χ4n) is 2.43. The average molecular weight is 233 g/mol. The van der Waals surface area contributed by atoms with Gasteiger partial charge >= 0.3 is 0 Å². The standard InChI is InChI=1S/C15H23NO/c1-10(2)12-7-8-14(17-3)13(9-12)15(16)11-5-4-6-11/h7-11,15H,4-6,16H2,1-3H3. The van der Waals surface area contributed by atoms with Crippen LogP contribution in [-0.2, 0) is 0 Å². The summed E-state index contributed by atoms with van der Waals surface area (Å²) in [5.41, 5.74) is 8.89. The van der Waals surface area contributed by atoms with Crippen LogP contribution in [0.15, 0.2) is 18.2 Å². The van der Waals surface area contributed by atoms with E-state index in [4.69, 9.17) is 10.5 Å². The summed E-state index contributed by atoms with van der Waals surface area (Å²) in [6.45, 7) is 4.42. The monoisotopic (exact) mass is 233 g/mol. The fourth-order valence-corrected chi connectivity index (χ4v) is 2.43. The normalized spacial score (nSPS) is 17.9. The molecule has 1 fully saturated rings. The third-order valence-corrected chi connectivity index (χ3v) is 3.94. The molecule has 0 aromatic heterocycles. The molecule has 1 aliphatic rings. The van der Waals surface area contributed by atoms with Crippen molar-refractivity contribution in [3.63, 3.8) is 0 Å². The van der Waals surface area contributed by atoms with Crippen molar-refractivity contribution in [1.29, 1.82) is 0 Å². The van der Waals surface area contributed by atoms with E-state index in [0.717, 1.165) is 5.75 Å². The lowest BCUT2D eigenvalue weighted by Gasteiger charge is -2.32. The molecule has 17 heavy (non-hydrogen) atoms. The average Bonchev–Trinajstić information content (AvgIpc) is 2.25. The number of hydrogen-bond acceptors (Lipinski definition) is 2. The second kappa shape index (κ2) is 5.09. The Bertz CT molecular complexity index is 383. The van der Waals surface area contributed by atoms with Gasteiger partial charge in [0, 0.05) is 11.6 Å². The molecule has 1 aromatic carbocycles. The largest absolute Gasteiger partial charge is 0.496 e. The lowest BCUT2D eigenvalue weighted by molar-refractivity contribution is 0.259. The molecule has 0 heterocycles. The van der Waals surface area contributed by atoms with Gasteiger partial charge in [0.2, 0.25) is 0 Å². The van der Waals surface area contributed by atoms with Crippen molar-refractivity contribution in [2.45, 2.75) is 45.1 Å². The van der Waals surface area contributed by atoms with E-state index in [9.17, 15) is 0 Å². The van der Waals surface area contributed by atoms with E-state index < -0.39 is 0 Å². The van der Waals surface area contributed by atoms with Gasteiger partial charge in [0.05, 0.1) is 7.11 Å². The first-order valence-corrected chi connectivity index (χ1v) is 6.57. The zero-order valence-electron chi connectivity index (χ0n) is 11.1. The fraction of sp³-hybridized carbons (Fsp3) is 0.600. The molecule has 1 aromatic rings. The van der Waals surface area contributed by atoms with Gasteiger partial charge in [-0.05, 0) is 36.3 Å². The highest BCUT2D eigenvalue weighted by Gasteiger charge is 2.27. The van der Waals surface area contributed by atoms with E-state index in [-0.39, 0.29) is 6.04 Å². The number of hydrogen-bond donors (Lipinski definition) is 1. The van der Waals surface area contributed by atoms with Gasteiger partial charge in [0.1, 0.15) is 5.75 Å². The highest BCUT2D eigenvalue weighted by atomic mass is 16.5. The Morgan fingerprint density at radius 3 is 2.47 bits per heavy atom. The van der Waals surface area contributed by atoms with E-state index >= 15 is 0 Å². The van der Waals surface area contributed by atoms with Gasteiger partial charge in [-0.15, -0.1) is 0 Å². The highest BCUT2D eigenvalue weighted by Crippen LogP contribution is 2.39. The SMILES string of the molecule is COc1ccc(C(C)C)cc1C(N)C1CCC1. The second-order valence-corrected chi connectivity index (χ2v) is 5.37. The maximum Gasteiger partial charge on any atom is 0.123 e. The number of methoxy groups -OCH3 is 1. The van der Waals surface area contributed by atoms with Crippen molar-refractivity contribution in [3.05, 3.63) is 29.3 Å². The molecule has 2 rings (SSSR count). The van der Waals surface area contributed by atoms with E-state index in [1.54, 1.807) is 7.11 Å². The minimum absolute atomic E-state index is 0.136. The van der Waals surface area contributed by atoms with Crippen molar-refractivity contribution < 1.29 is 4.74 Å². The quantitative estimate of drug-likeness (QED) is 0.862. The summed E-state index contributed by atoms with van der Waals surface area (Å²) < 4.78 is 5.44. The highest BCUT2D eigenvalue weighted by molar-refractivity contribution is 5.40. The zero-order chi connectivity index (χ0) is 12.4. The summed E-state index contributed by atoms with van der Waals surface area (Å²) in [6.07, 6.45) is 3.84. The van der Waals surface area contributed by atoms with Crippen LogP contribution in [0, 0.1) is 5.92 Å². The van der Waals surface area contributed by atoms with E-state index in [0.29, 0.717) is 11.8 Å². The van der Waals surface area contributed by atoms with Crippen molar-refractivity contribution in [2.24, 2.45) is 11.7 Å². The molecular weight excluding hydrogens is 210 g/mol. The summed E-state index contributed by atoms with van der Waals surface area (Å²) in [4.78, 5) is 0. The molecular formula is C15H23NO. The molecule has 94 valence electrons. The predicted octanol–water partition coefficient (Wildman–Crippen LogP) is 3.62. The van der Waals surface area contributed by atoms with Crippen LogP contribution in [0.5, 0.6) is 5.75 Å². The zero-order valence-corrected chi connectivity index (χ0v) is 11.1. The summed E-state index contributed by atoms with van der Waals surface area (Å²) in [7, 11) is 1.72. The van der Waals surface area contributed by atoms with E-state index in [1.165, 1.54) is 30.4 Å². The molecule has 2 N–H and O–H groups in total. The molecule has 0 spiro atoms. The van der Waals surface area contributed by atoms with Gasteiger partial charge in [-0.1, -0.05) is 32.4 Å². The third-order valence-electron chi connectivity index (χ3n) is 3.94. The summed E-state index contributed by atoms with van der Waals surface area (Å²) in [5, 5.41) is 0. The summed E-state index contributed by atoms with van der Waals surface area (Å²) in [6, 6.07) is 6.56. The van der Waals surface area contributed by atoms with Gasteiger partial charge in [0.25, 0.3) is 0 Å². The molecule has 0 amide bonds. The van der Waals surface area contributed by atoms with Gasteiger partial charge in [-0.3, -0.25) is 0 Å². The van der Waals surface area contributed by atoms with Gasteiger partial charge in [-0.25, -0.2) is 0 Å². The van der Waals surface area contributed by atoms with Crippen molar-refractivity contribution >= 4 is 0 Å². The summed E-state index contributed by atoms with van der Waals surface area (Å²) >= 11 is 0. The Balaban J connectivity index is 2.30. The molecule has 0 bridgehead atoms. The van der Waals surface area contributed by atoms with Crippen LogP contribution < -0.4 is 10.5 Å². The maximum absolute atomic E-state index is 6.37. The molecule has 2 nitrogen and oxygen atoms in total. The molecule has 1 saturated carbocycles. The third kappa shape index (κ3) is 2.47. The van der Waals surface area contributed by atoms with Crippen LogP contribution in [0.1, 0.15) is 56.2 Å².